The molecule has 0 unspecified atom stereocenters. The van der Waals surface area contributed by atoms with Gasteiger partial charge in [0, 0.05) is 7.05 Å². The average Bonchev–Trinajstić information content (AvgIpc) is 2.42. The monoisotopic (exact) mass is 298 g/mol. The second-order valence-corrected chi connectivity index (χ2v) is 4.59. The number of halogens is 2. The summed E-state index contributed by atoms with van der Waals surface area (Å²) in [4.78, 5) is 17.8. The van der Waals surface area contributed by atoms with Crippen LogP contribution in [0.3, 0.4) is 0 Å². The van der Waals surface area contributed by atoms with E-state index in [-0.39, 0.29) is 21.4 Å². The van der Waals surface area contributed by atoms with Crippen molar-refractivity contribution in [3.8, 4) is 0 Å². The van der Waals surface area contributed by atoms with Crippen LogP contribution in [0.5, 0.6) is 0 Å². The minimum absolute atomic E-state index is 0.00399. The van der Waals surface area contributed by atoms with E-state index in [1.165, 1.54) is 7.05 Å². The van der Waals surface area contributed by atoms with Crippen LogP contribution in [-0.4, -0.2) is 21.9 Å². The fourth-order valence-electron chi connectivity index (χ4n) is 1.44. The number of nitrogens with one attached hydrogen (secondary N) is 1. The molecule has 0 saturated heterocycles. The average molecular weight is 298 g/mol. The van der Waals surface area contributed by atoms with Gasteiger partial charge in [0.25, 0.3) is 0 Å². The number of rotatable bonds is 4. The Hall–Kier alpha value is -2.29. The van der Waals surface area contributed by atoms with Crippen LogP contribution >= 0.6 is 11.8 Å². The number of aromatic nitrogens is 2. The molecular weight excluding hydrogens is 290 g/mol. The zero-order chi connectivity index (χ0) is 14.7. The zero-order valence-corrected chi connectivity index (χ0v) is 10.9. The summed E-state index contributed by atoms with van der Waals surface area (Å²) in [6.07, 6.45) is 1.11. The van der Waals surface area contributed by atoms with Gasteiger partial charge in [-0.15, -0.1) is 0 Å². The minimum Gasteiger partial charge on any atom is -0.367 e. The summed E-state index contributed by atoms with van der Waals surface area (Å²) in [6.45, 7) is 0. The highest BCUT2D eigenvalue weighted by molar-refractivity contribution is 7.99. The molecule has 0 spiro atoms. The lowest BCUT2D eigenvalue weighted by Gasteiger charge is -2.06. The van der Waals surface area contributed by atoms with Gasteiger partial charge in [-0.25, -0.2) is 18.7 Å². The number of nitro groups is 1. The van der Waals surface area contributed by atoms with Crippen LogP contribution in [0.15, 0.2) is 34.4 Å². The number of benzene rings is 1. The molecule has 0 saturated carbocycles. The Kier molecular flexibility index (Phi) is 4.08. The van der Waals surface area contributed by atoms with Crippen molar-refractivity contribution in [2.75, 3.05) is 12.4 Å². The van der Waals surface area contributed by atoms with Crippen LogP contribution in [-0.2, 0) is 0 Å². The highest BCUT2D eigenvalue weighted by Crippen LogP contribution is 2.37. The van der Waals surface area contributed by atoms with E-state index in [4.69, 9.17) is 0 Å². The van der Waals surface area contributed by atoms with E-state index in [2.05, 4.69) is 15.3 Å². The molecule has 9 heteroatoms. The SMILES string of the molecule is CNc1ncnc(Sc2cc(F)ccc2F)c1[N+](=O)[O-]. The van der Waals surface area contributed by atoms with Crippen LogP contribution in [0.1, 0.15) is 0 Å². The van der Waals surface area contributed by atoms with Crippen LogP contribution in [0.2, 0.25) is 0 Å². The first-order valence-corrected chi connectivity index (χ1v) is 6.14. The van der Waals surface area contributed by atoms with Gasteiger partial charge in [0.15, 0.2) is 5.03 Å². The quantitative estimate of drug-likeness (QED) is 0.531. The molecule has 1 aromatic heterocycles. The topological polar surface area (TPSA) is 81.0 Å². The molecule has 6 nitrogen and oxygen atoms in total. The van der Waals surface area contributed by atoms with E-state index in [9.17, 15) is 18.9 Å². The Bertz CT molecular complexity index is 669. The van der Waals surface area contributed by atoms with Crippen LogP contribution < -0.4 is 5.32 Å². The molecule has 0 atom stereocenters. The first-order chi connectivity index (χ1) is 9.52. The molecule has 104 valence electrons. The second kappa shape index (κ2) is 5.78. The van der Waals surface area contributed by atoms with Gasteiger partial charge in [-0.3, -0.25) is 10.1 Å². The fraction of sp³-hybridized carbons (Fsp3) is 0.0909. The Morgan fingerprint density at radius 3 is 2.75 bits per heavy atom. The van der Waals surface area contributed by atoms with E-state index in [1.807, 2.05) is 0 Å². The highest BCUT2D eigenvalue weighted by atomic mass is 32.2. The molecule has 0 aliphatic carbocycles. The van der Waals surface area contributed by atoms with Crippen molar-refractivity contribution in [3.63, 3.8) is 0 Å². The van der Waals surface area contributed by atoms with Gasteiger partial charge in [-0.1, -0.05) is 11.8 Å². The molecule has 1 heterocycles. The first-order valence-electron chi connectivity index (χ1n) is 5.33. The summed E-state index contributed by atoms with van der Waals surface area (Å²) < 4.78 is 26.6. The van der Waals surface area contributed by atoms with Gasteiger partial charge in [0.1, 0.15) is 18.0 Å². The Morgan fingerprint density at radius 1 is 1.35 bits per heavy atom. The van der Waals surface area contributed by atoms with E-state index in [0.717, 1.165) is 24.5 Å². The van der Waals surface area contributed by atoms with Crippen LogP contribution in [0, 0.1) is 21.7 Å². The molecule has 2 rings (SSSR count). The largest absolute Gasteiger partial charge is 0.367 e. The Labute approximate surface area is 116 Å². The number of hydrogen-bond acceptors (Lipinski definition) is 6. The van der Waals surface area contributed by atoms with Crippen molar-refractivity contribution in [2.24, 2.45) is 0 Å². The molecule has 0 fully saturated rings. The van der Waals surface area contributed by atoms with Crippen molar-refractivity contribution in [1.82, 2.24) is 9.97 Å². The molecule has 1 N–H and O–H groups in total. The lowest BCUT2D eigenvalue weighted by Crippen LogP contribution is -2.02. The molecule has 0 radical (unpaired) electrons. The van der Waals surface area contributed by atoms with Crippen LogP contribution in [0.4, 0.5) is 20.3 Å². The molecule has 0 amide bonds. The molecular formula is C11H8F2N4O2S. The maximum Gasteiger partial charge on any atom is 0.343 e. The summed E-state index contributed by atoms with van der Waals surface area (Å²) in [7, 11) is 1.46. The lowest BCUT2D eigenvalue weighted by atomic mass is 10.3. The van der Waals surface area contributed by atoms with Crippen molar-refractivity contribution in [3.05, 3.63) is 46.3 Å². The molecule has 0 aliphatic rings. The first kappa shape index (κ1) is 14.1. The van der Waals surface area contributed by atoms with E-state index < -0.39 is 16.6 Å². The number of hydrogen-bond donors (Lipinski definition) is 1. The van der Waals surface area contributed by atoms with Gasteiger partial charge in [-0.05, 0) is 18.2 Å². The summed E-state index contributed by atoms with van der Waals surface area (Å²) in [5.74, 6) is -1.32. The minimum atomic E-state index is -0.685. The van der Waals surface area contributed by atoms with Crippen molar-refractivity contribution in [1.29, 1.82) is 0 Å². The van der Waals surface area contributed by atoms with Crippen molar-refractivity contribution in [2.45, 2.75) is 9.92 Å². The summed E-state index contributed by atoms with van der Waals surface area (Å²) >= 11 is 0.665. The van der Waals surface area contributed by atoms with Gasteiger partial charge >= 0.3 is 5.69 Å². The maximum atomic E-state index is 13.6. The van der Waals surface area contributed by atoms with Gasteiger partial charge in [0.05, 0.1) is 9.82 Å². The predicted octanol–water partition coefficient (Wildman–Crippen LogP) is 2.86. The molecule has 20 heavy (non-hydrogen) atoms. The Balaban J connectivity index is 2.48. The van der Waals surface area contributed by atoms with Crippen molar-refractivity contribution < 1.29 is 13.7 Å². The third kappa shape index (κ3) is 2.82. The summed E-state index contributed by atoms with van der Waals surface area (Å²) in [5, 5.41) is 13.5. The van der Waals surface area contributed by atoms with E-state index in [1.54, 1.807) is 0 Å². The summed E-state index contributed by atoms with van der Waals surface area (Å²) in [5.41, 5.74) is -0.385. The molecule has 1 aromatic carbocycles. The second-order valence-electron chi connectivity index (χ2n) is 3.56. The zero-order valence-electron chi connectivity index (χ0n) is 10.1. The molecule has 0 bridgehead atoms. The normalized spacial score (nSPS) is 10.3. The van der Waals surface area contributed by atoms with Gasteiger partial charge in [-0.2, -0.15) is 0 Å². The standard InChI is InChI=1S/C11H8F2N4O2S/c1-14-10-9(17(18)19)11(16-5-15-10)20-8-4-6(12)2-3-7(8)13/h2-5H,1H3,(H,14,15,16). The van der Waals surface area contributed by atoms with E-state index >= 15 is 0 Å². The van der Waals surface area contributed by atoms with Crippen molar-refractivity contribution >= 4 is 23.3 Å². The highest BCUT2D eigenvalue weighted by Gasteiger charge is 2.23. The van der Waals surface area contributed by atoms with Gasteiger partial charge < -0.3 is 5.32 Å². The lowest BCUT2D eigenvalue weighted by molar-refractivity contribution is -0.387. The van der Waals surface area contributed by atoms with Gasteiger partial charge in [0.2, 0.25) is 5.82 Å². The number of nitrogens with zero attached hydrogens (tertiary/aromatic N) is 3. The van der Waals surface area contributed by atoms with E-state index in [0.29, 0.717) is 11.8 Å². The number of anilines is 1. The predicted molar refractivity (Wildman–Crippen MR) is 68.7 cm³/mol. The molecule has 2 aromatic rings. The molecule has 0 aliphatic heterocycles. The third-order valence-corrected chi connectivity index (χ3v) is 3.33. The third-order valence-electron chi connectivity index (χ3n) is 2.31. The Morgan fingerprint density at radius 2 is 2.10 bits per heavy atom. The summed E-state index contributed by atoms with van der Waals surface area (Å²) in [6, 6.07) is 2.86. The van der Waals surface area contributed by atoms with Crippen LogP contribution in [0.25, 0.3) is 0 Å². The smallest absolute Gasteiger partial charge is 0.343 e. The maximum absolute atomic E-state index is 13.6. The fourth-order valence-corrected chi connectivity index (χ4v) is 2.36.